The van der Waals surface area contributed by atoms with Gasteiger partial charge >= 0.3 is 0 Å². The molecule has 0 fully saturated rings. The molecule has 0 saturated heterocycles. The molecule has 2 nitrogen and oxygen atoms in total. The van der Waals surface area contributed by atoms with Crippen LogP contribution < -0.4 is 0 Å². The molecule has 0 bridgehead atoms. The molecule has 27 heavy (non-hydrogen) atoms. The zero-order chi connectivity index (χ0) is 20.3. The van der Waals surface area contributed by atoms with Crippen LogP contribution in [0.2, 0.25) is 0 Å². The highest BCUT2D eigenvalue weighted by atomic mass is 32.2. The van der Waals surface area contributed by atoms with Crippen LogP contribution in [0, 0.1) is 5.92 Å². The second-order valence-corrected chi connectivity index (χ2v) is 10.1. The summed E-state index contributed by atoms with van der Waals surface area (Å²) >= 11 is 0. The first-order valence-corrected chi connectivity index (χ1v) is 11.9. The fourth-order valence-corrected chi connectivity index (χ4v) is 5.35. The van der Waals surface area contributed by atoms with Gasteiger partial charge in [-0.1, -0.05) is 81.0 Å². The Morgan fingerprint density at radius 3 is 2.30 bits per heavy atom. The lowest BCUT2D eigenvalue weighted by atomic mass is 9.97. The standard InChI is InChI=1S/C24H38O2S/c1-6-7-8-10-16-22(5)24(19-21(4)15-13-14-20(2)3)27(25,26)23-17-11-9-12-18-23/h9,11-12,14,17-19,22,24H,6-8,10,13,15-16H2,1-5H3/b21-19+. The summed E-state index contributed by atoms with van der Waals surface area (Å²) in [6.07, 6.45) is 11.8. The molecule has 0 aliphatic carbocycles. The molecule has 0 aliphatic heterocycles. The van der Waals surface area contributed by atoms with Crippen molar-refractivity contribution in [2.24, 2.45) is 5.92 Å². The molecule has 2 atom stereocenters. The third-order valence-electron chi connectivity index (χ3n) is 5.04. The molecule has 0 aliphatic rings. The molecule has 2 unspecified atom stereocenters. The summed E-state index contributed by atoms with van der Waals surface area (Å²) in [4.78, 5) is 0.434. The van der Waals surface area contributed by atoms with Gasteiger partial charge < -0.3 is 0 Å². The lowest BCUT2D eigenvalue weighted by molar-refractivity contribution is 0.480. The van der Waals surface area contributed by atoms with E-state index in [2.05, 4.69) is 40.7 Å². The number of hydrogen-bond acceptors (Lipinski definition) is 2. The molecule has 0 amide bonds. The van der Waals surface area contributed by atoms with Gasteiger partial charge in [-0.2, -0.15) is 0 Å². The van der Waals surface area contributed by atoms with E-state index in [1.165, 1.54) is 24.8 Å². The highest BCUT2D eigenvalue weighted by molar-refractivity contribution is 7.92. The Morgan fingerprint density at radius 1 is 1.04 bits per heavy atom. The number of allylic oxidation sites excluding steroid dienone is 3. The van der Waals surface area contributed by atoms with E-state index in [-0.39, 0.29) is 5.92 Å². The fraction of sp³-hybridized carbons (Fsp3) is 0.583. The van der Waals surface area contributed by atoms with Gasteiger partial charge in [0.2, 0.25) is 0 Å². The van der Waals surface area contributed by atoms with Crippen molar-refractivity contribution in [1.29, 1.82) is 0 Å². The van der Waals surface area contributed by atoms with Crippen molar-refractivity contribution >= 4 is 9.84 Å². The summed E-state index contributed by atoms with van der Waals surface area (Å²) in [5, 5.41) is -0.451. The average molecular weight is 391 g/mol. The largest absolute Gasteiger partial charge is 0.223 e. The van der Waals surface area contributed by atoms with Gasteiger partial charge in [-0.3, -0.25) is 0 Å². The molecular weight excluding hydrogens is 352 g/mol. The monoisotopic (exact) mass is 390 g/mol. The SMILES string of the molecule is CCCCCCC(C)C(/C=C(\C)CCC=C(C)C)S(=O)(=O)c1ccccc1. The van der Waals surface area contributed by atoms with E-state index in [1.807, 2.05) is 12.1 Å². The van der Waals surface area contributed by atoms with Gasteiger partial charge in [-0.05, 0) is 58.1 Å². The van der Waals surface area contributed by atoms with Crippen molar-refractivity contribution in [2.75, 3.05) is 0 Å². The normalized spacial score (nSPS) is 14.6. The topological polar surface area (TPSA) is 34.1 Å². The molecule has 0 spiro atoms. The van der Waals surface area contributed by atoms with Gasteiger partial charge in [0.05, 0.1) is 10.1 Å². The molecule has 0 N–H and O–H groups in total. The lowest BCUT2D eigenvalue weighted by Gasteiger charge is -2.22. The second kappa shape index (κ2) is 12.2. The molecule has 1 aromatic rings. The first kappa shape index (κ1) is 23.7. The van der Waals surface area contributed by atoms with Crippen molar-refractivity contribution in [3.63, 3.8) is 0 Å². The summed E-state index contributed by atoms with van der Waals surface area (Å²) in [6, 6.07) is 8.92. The number of rotatable bonds is 12. The van der Waals surface area contributed by atoms with Crippen LogP contribution in [0.4, 0.5) is 0 Å². The number of sulfone groups is 1. The Kier molecular flexibility index (Phi) is 10.7. The zero-order valence-electron chi connectivity index (χ0n) is 17.9. The van der Waals surface area contributed by atoms with E-state index in [0.29, 0.717) is 4.90 Å². The van der Waals surface area contributed by atoms with E-state index < -0.39 is 15.1 Å². The summed E-state index contributed by atoms with van der Waals surface area (Å²) in [6.45, 7) is 10.6. The van der Waals surface area contributed by atoms with Crippen LogP contribution in [0.3, 0.4) is 0 Å². The predicted molar refractivity (Wildman–Crippen MR) is 118 cm³/mol. The van der Waals surface area contributed by atoms with Crippen LogP contribution in [0.25, 0.3) is 0 Å². The third-order valence-corrected chi connectivity index (χ3v) is 7.29. The Hall–Kier alpha value is -1.35. The molecule has 0 heterocycles. The van der Waals surface area contributed by atoms with E-state index in [0.717, 1.165) is 31.3 Å². The average Bonchev–Trinajstić information content (AvgIpc) is 2.63. The molecule has 3 heteroatoms. The zero-order valence-corrected chi connectivity index (χ0v) is 18.7. The van der Waals surface area contributed by atoms with Crippen molar-refractivity contribution < 1.29 is 8.42 Å². The highest BCUT2D eigenvalue weighted by Gasteiger charge is 2.30. The molecule has 0 aromatic heterocycles. The maximum absolute atomic E-state index is 13.3. The minimum atomic E-state index is -3.37. The summed E-state index contributed by atoms with van der Waals surface area (Å²) in [7, 11) is -3.37. The number of benzene rings is 1. The Morgan fingerprint density at radius 2 is 1.70 bits per heavy atom. The van der Waals surface area contributed by atoms with E-state index in [1.54, 1.807) is 24.3 Å². The third kappa shape index (κ3) is 8.47. The van der Waals surface area contributed by atoms with Gasteiger partial charge in [-0.15, -0.1) is 0 Å². The van der Waals surface area contributed by atoms with Crippen molar-refractivity contribution in [3.05, 3.63) is 53.6 Å². The maximum Gasteiger partial charge on any atom is 0.185 e. The quantitative estimate of drug-likeness (QED) is 0.281. The van der Waals surface area contributed by atoms with E-state index in [4.69, 9.17) is 0 Å². The molecule has 0 radical (unpaired) electrons. The first-order valence-electron chi connectivity index (χ1n) is 10.4. The first-order chi connectivity index (χ1) is 12.8. The van der Waals surface area contributed by atoms with Crippen LogP contribution in [-0.4, -0.2) is 13.7 Å². The van der Waals surface area contributed by atoms with Crippen LogP contribution in [0.15, 0.2) is 58.5 Å². The predicted octanol–water partition coefficient (Wildman–Crippen LogP) is 7.13. The van der Waals surface area contributed by atoms with Crippen molar-refractivity contribution in [1.82, 2.24) is 0 Å². The Balaban J connectivity index is 3.03. The Bertz CT molecular complexity index is 695. The van der Waals surface area contributed by atoms with Crippen LogP contribution in [0.1, 0.15) is 79.6 Å². The molecule has 0 saturated carbocycles. The van der Waals surface area contributed by atoms with Crippen LogP contribution in [0.5, 0.6) is 0 Å². The summed E-state index contributed by atoms with van der Waals surface area (Å²) in [5.41, 5.74) is 2.47. The number of hydrogen-bond donors (Lipinski definition) is 0. The minimum Gasteiger partial charge on any atom is -0.223 e. The smallest absolute Gasteiger partial charge is 0.185 e. The van der Waals surface area contributed by atoms with Gasteiger partial charge in [-0.25, -0.2) is 8.42 Å². The van der Waals surface area contributed by atoms with Gasteiger partial charge in [0.25, 0.3) is 0 Å². The van der Waals surface area contributed by atoms with Crippen LogP contribution >= 0.6 is 0 Å². The van der Waals surface area contributed by atoms with Gasteiger partial charge in [0.15, 0.2) is 9.84 Å². The van der Waals surface area contributed by atoms with Crippen LogP contribution in [-0.2, 0) is 9.84 Å². The van der Waals surface area contributed by atoms with Gasteiger partial charge in [0.1, 0.15) is 0 Å². The number of unbranched alkanes of at least 4 members (excludes halogenated alkanes) is 3. The molecule has 152 valence electrons. The molecule has 1 aromatic carbocycles. The summed E-state index contributed by atoms with van der Waals surface area (Å²) < 4.78 is 26.6. The Labute approximate surface area is 167 Å². The molecule has 1 rings (SSSR count). The van der Waals surface area contributed by atoms with E-state index in [9.17, 15) is 8.42 Å². The minimum absolute atomic E-state index is 0.116. The fourth-order valence-electron chi connectivity index (χ4n) is 3.34. The second-order valence-electron chi connectivity index (χ2n) is 7.98. The molecular formula is C24H38O2S. The maximum atomic E-state index is 13.3. The van der Waals surface area contributed by atoms with E-state index >= 15 is 0 Å². The van der Waals surface area contributed by atoms with Crippen molar-refractivity contribution in [2.45, 2.75) is 89.7 Å². The van der Waals surface area contributed by atoms with Gasteiger partial charge in [0, 0.05) is 0 Å². The highest BCUT2D eigenvalue weighted by Crippen LogP contribution is 2.28. The lowest BCUT2D eigenvalue weighted by Crippen LogP contribution is -2.27. The summed E-state index contributed by atoms with van der Waals surface area (Å²) in [5.74, 6) is 0.116. The van der Waals surface area contributed by atoms with Crippen molar-refractivity contribution in [3.8, 4) is 0 Å².